The van der Waals surface area contributed by atoms with Crippen LogP contribution >= 0.6 is 0 Å². The molecular weight excluding hydrogens is 126 g/mol. The molecule has 10 heavy (non-hydrogen) atoms. The lowest BCUT2D eigenvalue weighted by molar-refractivity contribution is 0.0420. The summed E-state index contributed by atoms with van der Waals surface area (Å²) in [5.41, 5.74) is 5.71. The smallest absolute Gasteiger partial charge is 0.0716 e. The predicted molar refractivity (Wildman–Crippen MR) is 41.5 cm³/mol. The van der Waals surface area contributed by atoms with Crippen LogP contribution in [-0.4, -0.2) is 17.3 Å². The van der Waals surface area contributed by atoms with Crippen molar-refractivity contribution in [2.75, 3.05) is 0 Å². The Kier molecular flexibility index (Phi) is 2.32. The first-order valence-electron chi connectivity index (χ1n) is 4.05. The van der Waals surface area contributed by atoms with Crippen molar-refractivity contribution < 1.29 is 5.11 Å². The van der Waals surface area contributed by atoms with Gasteiger partial charge in [0, 0.05) is 6.04 Å². The van der Waals surface area contributed by atoms with E-state index in [9.17, 15) is 5.11 Å². The minimum Gasteiger partial charge on any atom is -0.391 e. The van der Waals surface area contributed by atoms with E-state index in [1.807, 2.05) is 0 Å². The second kappa shape index (κ2) is 2.89. The van der Waals surface area contributed by atoms with E-state index >= 15 is 0 Å². The number of aliphatic hydroxyl groups excluding tert-OH is 1. The fourth-order valence-electron chi connectivity index (χ4n) is 1.90. The van der Waals surface area contributed by atoms with Gasteiger partial charge in [0.25, 0.3) is 0 Å². The molecule has 0 aromatic carbocycles. The third-order valence-electron chi connectivity index (χ3n) is 2.47. The lowest BCUT2D eigenvalue weighted by atomic mass is 9.79. The van der Waals surface area contributed by atoms with Gasteiger partial charge < -0.3 is 10.8 Å². The van der Waals surface area contributed by atoms with Crippen molar-refractivity contribution in [3.8, 4) is 0 Å². The molecule has 2 nitrogen and oxygen atoms in total. The van der Waals surface area contributed by atoms with Gasteiger partial charge >= 0.3 is 0 Å². The highest BCUT2D eigenvalue weighted by molar-refractivity contribution is 4.84. The quantitative estimate of drug-likeness (QED) is 0.525. The third kappa shape index (κ3) is 1.50. The Morgan fingerprint density at radius 2 is 1.90 bits per heavy atom. The van der Waals surface area contributed by atoms with E-state index in [2.05, 4.69) is 13.8 Å². The van der Waals surface area contributed by atoms with E-state index in [4.69, 9.17) is 5.73 Å². The highest BCUT2D eigenvalue weighted by Crippen LogP contribution is 2.27. The first-order chi connectivity index (χ1) is 4.61. The Balaban J connectivity index is 2.49. The topological polar surface area (TPSA) is 46.2 Å². The zero-order chi connectivity index (χ0) is 7.72. The molecule has 3 N–H and O–H groups in total. The van der Waals surface area contributed by atoms with Crippen LogP contribution in [0.1, 0.15) is 26.7 Å². The molecule has 1 aliphatic carbocycles. The monoisotopic (exact) mass is 143 g/mol. The SMILES string of the molecule is CC1CC(C)C(O)C(N)C1. The van der Waals surface area contributed by atoms with E-state index in [0.29, 0.717) is 11.8 Å². The van der Waals surface area contributed by atoms with Crippen LogP contribution in [0.15, 0.2) is 0 Å². The van der Waals surface area contributed by atoms with Crippen LogP contribution in [-0.2, 0) is 0 Å². The average Bonchev–Trinajstić information content (AvgIpc) is 1.82. The summed E-state index contributed by atoms with van der Waals surface area (Å²) < 4.78 is 0. The van der Waals surface area contributed by atoms with Crippen LogP contribution in [0.3, 0.4) is 0 Å². The van der Waals surface area contributed by atoms with Crippen molar-refractivity contribution in [1.82, 2.24) is 0 Å². The fraction of sp³-hybridized carbons (Fsp3) is 1.00. The van der Waals surface area contributed by atoms with Crippen molar-refractivity contribution in [1.29, 1.82) is 0 Å². The maximum atomic E-state index is 9.44. The second-order valence-electron chi connectivity index (χ2n) is 3.71. The highest BCUT2D eigenvalue weighted by atomic mass is 16.3. The van der Waals surface area contributed by atoms with Crippen LogP contribution in [0, 0.1) is 11.8 Å². The molecule has 1 saturated carbocycles. The molecule has 0 aromatic rings. The molecule has 0 aromatic heterocycles. The maximum Gasteiger partial charge on any atom is 0.0716 e. The van der Waals surface area contributed by atoms with Gasteiger partial charge in [-0.15, -0.1) is 0 Å². The molecular formula is C8H17NO. The maximum absolute atomic E-state index is 9.44. The largest absolute Gasteiger partial charge is 0.391 e. The highest BCUT2D eigenvalue weighted by Gasteiger charge is 2.29. The van der Waals surface area contributed by atoms with Gasteiger partial charge in [-0.25, -0.2) is 0 Å². The summed E-state index contributed by atoms with van der Waals surface area (Å²) >= 11 is 0. The van der Waals surface area contributed by atoms with Gasteiger partial charge in [0.15, 0.2) is 0 Å². The summed E-state index contributed by atoms with van der Waals surface area (Å²) in [5.74, 6) is 1.08. The van der Waals surface area contributed by atoms with E-state index in [-0.39, 0.29) is 12.1 Å². The van der Waals surface area contributed by atoms with Gasteiger partial charge in [0.05, 0.1) is 6.10 Å². The van der Waals surface area contributed by atoms with Gasteiger partial charge in [-0.3, -0.25) is 0 Å². The minimum atomic E-state index is -0.267. The molecule has 1 rings (SSSR count). The number of nitrogens with two attached hydrogens (primary N) is 1. The first-order valence-corrected chi connectivity index (χ1v) is 4.05. The number of hydrogen-bond donors (Lipinski definition) is 2. The number of aliphatic hydroxyl groups is 1. The molecule has 0 amide bonds. The molecule has 1 fully saturated rings. The minimum absolute atomic E-state index is 0.0127. The Labute approximate surface area is 62.4 Å². The molecule has 0 aliphatic heterocycles. The van der Waals surface area contributed by atoms with Crippen LogP contribution in [0.5, 0.6) is 0 Å². The zero-order valence-electron chi connectivity index (χ0n) is 6.75. The van der Waals surface area contributed by atoms with Crippen molar-refractivity contribution in [2.24, 2.45) is 17.6 Å². The third-order valence-corrected chi connectivity index (χ3v) is 2.47. The summed E-state index contributed by atoms with van der Waals surface area (Å²) in [5, 5.41) is 9.44. The molecule has 0 spiro atoms. The molecule has 0 radical (unpaired) electrons. The summed E-state index contributed by atoms with van der Waals surface area (Å²) in [6.07, 6.45) is 1.83. The normalized spacial score (nSPS) is 49.2. The predicted octanol–water partition coefficient (Wildman–Crippen LogP) is 0.741. The van der Waals surface area contributed by atoms with Crippen molar-refractivity contribution in [3.63, 3.8) is 0 Å². The van der Waals surface area contributed by atoms with Gasteiger partial charge in [-0.2, -0.15) is 0 Å². The Morgan fingerprint density at radius 3 is 2.40 bits per heavy atom. The van der Waals surface area contributed by atoms with E-state index in [1.54, 1.807) is 0 Å². The first kappa shape index (κ1) is 8.02. The van der Waals surface area contributed by atoms with Gasteiger partial charge in [-0.05, 0) is 24.7 Å². The van der Waals surface area contributed by atoms with E-state index in [0.717, 1.165) is 12.8 Å². The molecule has 2 heteroatoms. The lowest BCUT2D eigenvalue weighted by Gasteiger charge is -2.34. The van der Waals surface area contributed by atoms with Crippen LogP contribution < -0.4 is 5.73 Å². The van der Waals surface area contributed by atoms with Gasteiger partial charge in [0.1, 0.15) is 0 Å². The molecule has 4 atom stereocenters. The summed E-state index contributed by atoms with van der Waals surface area (Å²) in [6.45, 7) is 4.27. The van der Waals surface area contributed by atoms with Crippen LogP contribution in [0.2, 0.25) is 0 Å². The van der Waals surface area contributed by atoms with E-state index in [1.165, 1.54) is 0 Å². The van der Waals surface area contributed by atoms with Crippen LogP contribution in [0.25, 0.3) is 0 Å². The molecule has 0 heterocycles. The fourth-order valence-corrected chi connectivity index (χ4v) is 1.90. The second-order valence-corrected chi connectivity index (χ2v) is 3.71. The van der Waals surface area contributed by atoms with Crippen molar-refractivity contribution in [2.45, 2.75) is 38.8 Å². The number of hydrogen-bond acceptors (Lipinski definition) is 2. The van der Waals surface area contributed by atoms with Gasteiger partial charge in [-0.1, -0.05) is 13.8 Å². The van der Waals surface area contributed by atoms with Crippen molar-refractivity contribution in [3.05, 3.63) is 0 Å². The number of rotatable bonds is 0. The van der Waals surface area contributed by atoms with Gasteiger partial charge in [0.2, 0.25) is 0 Å². The lowest BCUT2D eigenvalue weighted by Crippen LogP contribution is -2.44. The summed E-state index contributed by atoms with van der Waals surface area (Å²) in [6, 6.07) is 0.0127. The molecule has 1 aliphatic rings. The molecule has 4 unspecified atom stereocenters. The summed E-state index contributed by atoms with van der Waals surface area (Å²) in [7, 11) is 0. The zero-order valence-corrected chi connectivity index (χ0v) is 6.75. The summed E-state index contributed by atoms with van der Waals surface area (Å²) in [4.78, 5) is 0. The standard InChI is InChI=1S/C8H17NO/c1-5-3-6(2)8(10)7(9)4-5/h5-8,10H,3-4,9H2,1-2H3. The van der Waals surface area contributed by atoms with Crippen LogP contribution in [0.4, 0.5) is 0 Å². The Morgan fingerprint density at radius 1 is 1.30 bits per heavy atom. The van der Waals surface area contributed by atoms with E-state index < -0.39 is 0 Å². The molecule has 60 valence electrons. The molecule has 0 bridgehead atoms. The Hall–Kier alpha value is -0.0800. The molecule has 0 saturated heterocycles. The average molecular weight is 143 g/mol. The van der Waals surface area contributed by atoms with Crippen molar-refractivity contribution >= 4 is 0 Å². The Bertz CT molecular complexity index is 104.